The smallest absolute Gasteiger partial charge is 0.271 e. The molecule has 0 atom stereocenters. The molecule has 1 aromatic carbocycles. The van der Waals surface area contributed by atoms with Gasteiger partial charge in [-0.15, -0.1) is 11.3 Å². The molecule has 1 saturated carbocycles. The fourth-order valence-corrected chi connectivity index (χ4v) is 5.71. The lowest BCUT2D eigenvalue weighted by molar-refractivity contribution is -0.117. The molecule has 4 rings (SSSR count). The summed E-state index contributed by atoms with van der Waals surface area (Å²) in [5.41, 5.74) is 3.62. The van der Waals surface area contributed by atoms with Gasteiger partial charge in [0.05, 0.1) is 5.69 Å². The lowest BCUT2D eigenvalue weighted by Gasteiger charge is -2.13. The van der Waals surface area contributed by atoms with Crippen molar-refractivity contribution in [3.05, 3.63) is 57.8 Å². The lowest BCUT2D eigenvalue weighted by Crippen LogP contribution is -2.14. The third-order valence-corrected chi connectivity index (χ3v) is 8.22. The number of nitrogens with one attached hydrogen (secondary N) is 2. The monoisotopic (exact) mass is 471 g/mol. The molecule has 1 amide bonds. The van der Waals surface area contributed by atoms with Crippen LogP contribution in [0, 0.1) is 19.8 Å². The van der Waals surface area contributed by atoms with Gasteiger partial charge in [-0.2, -0.15) is 0 Å². The van der Waals surface area contributed by atoms with Gasteiger partial charge in [-0.25, -0.2) is 8.42 Å². The van der Waals surface area contributed by atoms with Gasteiger partial charge in [0, 0.05) is 10.8 Å². The molecule has 3 aromatic rings. The maximum atomic E-state index is 13.0. The van der Waals surface area contributed by atoms with Crippen molar-refractivity contribution in [3.63, 3.8) is 0 Å². The first-order valence-electron chi connectivity index (χ1n) is 10.4. The van der Waals surface area contributed by atoms with Gasteiger partial charge < -0.3 is 9.84 Å². The molecule has 0 bridgehead atoms. The van der Waals surface area contributed by atoms with Crippen molar-refractivity contribution in [2.24, 2.45) is 5.92 Å². The van der Waals surface area contributed by atoms with Gasteiger partial charge in [-0.3, -0.25) is 9.52 Å². The summed E-state index contributed by atoms with van der Waals surface area (Å²) in [6.45, 7) is 5.65. The Balaban J connectivity index is 1.52. The number of benzene rings is 1. The molecule has 0 radical (unpaired) electrons. The minimum absolute atomic E-state index is 0.0239. The minimum Gasteiger partial charge on any atom is -0.354 e. The van der Waals surface area contributed by atoms with E-state index < -0.39 is 10.0 Å². The summed E-state index contributed by atoms with van der Waals surface area (Å²) in [4.78, 5) is 12.8. The number of para-hydroxylation sites is 1. The van der Waals surface area contributed by atoms with Crippen LogP contribution in [0.2, 0.25) is 0 Å². The molecule has 7 nitrogen and oxygen atoms in total. The Morgan fingerprint density at radius 1 is 1.19 bits per heavy atom. The molecule has 2 heterocycles. The Labute approximate surface area is 191 Å². The maximum absolute atomic E-state index is 13.0. The first-order valence-corrected chi connectivity index (χ1v) is 12.7. The Kier molecular flexibility index (Phi) is 6.21. The van der Waals surface area contributed by atoms with Crippen LogP contribution >= 0.6 is 11.3 Å². The van der Waals surface area contributed by atoms with Crippen molar-refractivity contribution in [1.29, 1.82) is 0 Å². The normalized spacial score (nSPS) is 14.1. The van der Waals surface area contributed by atoms with E-state index in [0.29, 0.717) is 22.8 Å². The van der Waals surface area contributed by atoms with E-state index in [1.807, 2.05) is 32.0 Å². The van der Waals surface area contributed by atoms with Crippen molar-refractivity contribution >= 4 is 50.8 Å². The second kappa shape index (κ2) is 8.91. The van der Waals surface area contributed by atoms with Gasteiger partial charge in [0.2, 0.25) is 5.91 Å². The molecule has 2 aromatic heterocycles. The van der Waals surface area contributed by atoms with Gasteiger partial charge >= 0.3 is 0 Å². The number of anilines is 2. The largest absolute Gasteiger partial charge is 0.354 e. The van der Waals surface area contributed by atoms with Crippen LogP contribution in [0.5, 0.6) is 0 Å². The Morgan fingerprint density at radius 3 is 2.69 bits per heavy atom. The van der Waals surface area contributed by atoms with Crippen molar-refractivity contribution in [3.8, 4) is 0 Å². The van der Waals surface area contributed by atoms with Gasteiger partial charge in [0.25, 0.3) is 10.0 Å². The van der Waals surface area contributed by atoms with Crippen LogP contribution in [0.15, 0.2) is 39.1 Å². The van der Waals surface area contributed by atoms with Crippen LogP contribution in [0.1, 0.15) is 47.2 Å². The number of aryl methyl sites for hydroxylation is 3. The number of carbonyl (C=O) groups is 1. The number of carbonyl (C=O) groups excluding carboxylic acids is 1. The SMILES string of the molecule is CCc1cccc(C)c1NS(=O)(=O)c1ccc(C=Cc2onc(C)c2NC(=O)C2CC2)s1. The second-order valence-electron chi connectivity index (χ2n) is 7.83. The molecule has 0 saturated heterocycles. The number of nitrogens with zero attached hydrogens (tertiary/aromatic N) is 1. The quantitative estimate of drug-likeness (QED) is 0.468. The van der Waals surface area contributed by atoms with Crippen LogP contribution in [0.3, 0.4) is 0 Å². The summed E-state index contributed by atoms with van der Waals surface area (Å²) >= 11 is 1.15. The van der Waals surface area contributed by atoms with Gasteiger partial charge in [-0.1, -0.05) is 30.3 Å². The molecular formula is C23H25N3O4S2. The first-order chi connectivity index (χ1) is 15.3. The van der Waals surface area contributed by atoms with E-state index in [2.05, 4.69) is 15.2 Å². The molecule has 2 N–H and O–H groups in total. The number of aromatic nitrogens is 1. The predicted molar refractivity (Wildman–Crippen MR) is 127 cm³/mol. The number of rotatable bonds is 8. The number of thiophene rings is 1. The Hall–Kier alpha value is -2.91. The summed E-state index contributed by atoms with van der Waals surface area (Å²) in [5.74, 6) is 0.476. The highest BCUT2D eigenvalue weighted by atomic mass is 32.2. The molecule has 32 heavy (non-hydrogen) atoms. The van der Waals surface area contributed by atoms with Crippen molar-refractivity contribution in [1.82, 2.24) is 5.16 Å². The first kappa shape index (κ1) is 22.3. The summed E-state index contributed by atoms with van der Waals surface area (Å²) in [7, 11) is -3.71. The second-order valence-corrected chi connectivity index (χ2v) is 10.9. The summed E-state index contributed by atoms with van der Waals surface area (Å²) in [6.07, 6.45) is 5.98. The van der Waals surface area contributed by atoms with E-state index in [4.69, 9.17) is 4.52 Å². The molecular weight excluding hydrogens is 446 g/mol. The lowest BCUT2D eigenvalue weighted by atomic mass is 10.1. The predicted octanol–water partition coefficient (Wildman–Crippen LogP) is 5.24. The number of amides is 1. The van der Waals surface area contributed by atoms with E-state index in [1.165, 1.54) is 0 Å². The van der Waals surface area contributed by atoms with Gasteiger partial charge in [0.15, 0.2) is 5.76 Å². The Morgan fingerprint density at radius 2 is 1.97 bits per heavy atom. The highest BCUT2D eigenvalue weighted by Crippen LogP contribution is 2.33. The standard InChI is InChI=1S/C23H25N3O4S2/c1-4-16-7-5-6-14(2)21(16)26-32(28,29)20-13-11-18(31-20)10-12-19-22(15(3)25-30-19)24-23(27)17-8-9-17/h5-7,10-13,17,26H,4,8-9H2,1-3H3,(H,24,27). The van der Waals surface area contributed by atoms with Crippen molar-refractivity contribution in [2.75, 3.05) is 10.0 Å². The minimum atomic E-state index is -3.71. The fraction of sp³-hybridized carbons (Fsp3) is 0.304. The molecule has 9 heteroatoms. The molecule has 1 aliphatic carbocycles. The van der Waals surface area contributed by atoms with E-state index in [0.717, 1.165) is 46.6 Å². The number of hydrogen-bond acceptors (Lipinski definition) is 6. The Bertz CT molecular complexity index is 1280. The zero-order chi connectivity index (χ0) is 22.9. The third kappa shape index (κ3) is 4.78. The van der Waals surface area contributed by atoms with Gasteiger partial charge in [0.1, 0.15) is 15.6 Å². The zero-order valence-corrected chi connectivity index (χ0v) is 19.8. The number of hydrogen-bond donors (Lipinski definition) is 2. The van der Waals surface area contributed by atoms with Crippen LogP contribution in [-0.2, 0) is 21.2 Å². The zero-order valence-electron chi connectivity index (χ0n) is 18.1. The summed E-state index contributed by atoms with van der Waals surface area (Å²) in [5, 5.41) is 6.81. The van der Waals surface area contributed by atoms with E-state index in [9.17, 15) is 13.2 Å². The highest BCUT2D eigenvalue weighted by molar-refractivity contribution is 7.94. The maximum Gasteiger partial charge on any atom is 0.271 e. The number of sulfonamides is 1. The summed E-state index contributed by atoms with van der Waals surface area (Å²) < 4.78 is 34.2. The van der Waals surface area contributed by atoms with Gasteiger partial charge in [-0.05, 0) is 68.5 Å². The summed E-state index contributed by atoms with van der Waals surface area (Å²) in [6, 6.07) is 9.05. The molecule has 1 fully saturated rings. The van der Waals surface area contributed by atoms with E-state index >= 15 is 0 Å². The highest BCUT2D eigenvalue weighted by Gasteiger charge is 2.30. The van der Waals surface area contributed by atoms with Crippen LogP contribution in [0.4, 0.5) is 11.4 Å². The molecule has 0 spiro atoms. The molecule has 0 aliphatic heterocycles. The van der Waals surface area contributed by atoms with E-state index in [-0.39, 0.29) is 16.0 Å². The van der Waals surface area contributed by atoms with Crippen molar-refractivity contribution in [2.45, 2.75) is 44.2 Å². The van der Waals surface area contributed by atoms with Crippen LogP contribution in [-0.4, -0.2) is 19.5 Å². The van der Waals surface area contributed by atoms with Crippen LogP contribution in [0.25, 0.3) is 12.2 Å². The molecule has 168 valence electrons. The molecule has 0 unspecified atom stereocenters. The average Bonchev–Trinajstić information content (AvgIpc) is 3.41. The van der Waals surface area contributed by atoms with Crippen molar-refractivity contribution < 1.29 is 17.7 Å². The third-order valence-electron chi connectivity index (χ3n) is 5.33. The fourth-order valence-electron chi connectivity index (χ4n) is 3.30. The topological polar surface area (TPSA) is 101 Å². The van der Waals surface area contributed by atoms with Crippen LogP contribution < -0.4 is 10.0 Å². The average molecular weight is 472 g/mol. The van der Waals surface area contributed by atoms with E-state index in [1.54, 1.807) is 31.2 Å². The molecule has 1 aliphatic rings.